The van der Waals surface area contributed by atoms with Crippen LogP contribution in [0.2, 0.25) is 0 Å². The molecule has 0 aliphatic heterocycles. The zero-order valence-corrected chi connectivity index (χ0v) is 25.7. The molecule has 0 aliphatic rings. The van der Waals surface area contributed by atoms with Gasteiger partial charge < -0.3 is 9.13 Å². The summed E-state index contributed by atoms with van der Waals surface area (Å²) in [4.78, 5) is 0. The van der Waals surface area contributed by atoms with Crippen molar-refractivity contribution < 1.29 is 26.3 Å². The van der Waals surface area contributed by atoms with Crippen LogP contribution in [0.25, 0.3) is 66.1 Å². The molecule has 2 aromatic heterocycles. The molecule has 238 valence electrons. The van der Waals surface area contributed by atoms with Crippen LogP contribution in [-0.4, -0.2) is 9.13 Å². The van der Waals surface area contributed by atoms with Gasteiger partial charge in [0.25, 0.3) is 0 Å². The largest absolute Gasteiger partial charge is 0.418 e. The number of rotatable bonds is 3. The minimum Gasteiger partial charge on any atom is -0.307 e. The molecule has 2 heterocycles. The maximum Gasteiger partial charge on any atom is 0.418 e. The molecule has 0 fully saturated rings. The fourth-order valence-corrected chi connectivity index (χ4v) is 7.04. The Labute approximate surface area is 271 Å². The number of fused-ring (bicyclic) bond motifs is 6. The van der Waals surface area contributed by atoms with Gasteiger partial charge >= 0.3 is 12.4 Å². The van der Waals surface area contributed by atoms with Crippen LogP contribution in [0.3, 0.4) is 0 Å². The summed E-state index contributed by atoms with van der Waals surface area (Å²) in [5.41, 5.74) is 1.47. The molecule has 0 N–H and O–H groups in total. The standard InChI is InChI=1S/C40H26F6N2/c1-23-15-17-29-27-10-4-7-13-33(27)47(35(29)19-23)37-22-25(26-9-3-6-12-31(26)39(41,42)43)21-32(40(44,45)46)38(37)48-34-14-8-5-11-28(34)30-18-16-24(2)20-36(30)48/h3-22H,1-2H3. The Morgan fingerprint density at radius 1 is 0.438 bits per heavy atom. The number of aromatic nitrogens is 2. The van der Waals surface area contributed by atoms with Gasteiger partial charge in [-0.3, -0.25) is 0 Å². The molecule has 0 saturated carbocycles. The minimum absolute atomic E-state index is 0.109. The van der Waals surface area contributed by atoms with E-state index < -0.39 is 23.5 Å². The summed E-state index contributed by atoms with van der Waals surface area (Å²) >= 11 is 0. The summed E-state index contributed by atoms with van der Waals surface area (Å²) < 4.78 is 93.3. The molecule has 8 heteroatoms. The van der Waals surface area contributed by atoms with E-state index in [1.54, 1.807) is 21.3 Å². The number of benzene rings is 6. The lowest BCUT2D eigenvalue weighted by molar-refractivity contribution is -0.137. The van der Waals surface area contributed by atoms with Crippen LogP contribution in [0.1, 0.15) is 22.3 Å². The lowest BCUT2D eigenvalue weighted by atomic mass is 9.95. The predicted octanol–water partition coefficient (Wildman–Crippen LogP) is 12.2. The van der Waals surface area contributed by atoms with Crippen molar-refractivity contribution in [1.82, 2.24) is 9.13 Å². The smallest absolute Gasteiger partial charge is 0.307 e. The number of aryl methyl sites for hydroxylation is 2. The number of alkyl halides is 6. The van der Waals surface area contributed by atoms with Gasteiger partial charge in [0.05, 0.1) is 44.6 Å². The average molecular weight is 649 g/mol. The number of halogens is 6. The fraction of sp³-hybridized carbons (Fsp3) is 0.100. The van der Waals surface area contributed by atoms with E-state index in [4.69, 9.17) is 0 Å². The lowest BCUT2D eigenvalue weighted by Crippen LogP contribution is -2.15. The third kappa shape index (κ3) is 4.58. The molecule has 0 spiro atoms. The Morgan fingerprint density at radius 3 is 1.50 bits per heavy atom. The molecular formula is C40H26F6N2. The Bertz CT molecular complexity index is 2560. The highest BCUT2D eigenvalue weighted by Gasteiger charge is 2.39. The van der Waals surface area contributed by atoms with Gasteiger partial charge in [-0.2, -0.15) is 26.3 Å². The average Bonchev–Trinajstić information content (AvgIpc) is 3.55. The van der Waals surface area contributed by atoms with Crippen LogP contribution < -0.4 is 0 Å². The first-order valence-corrected chi connectivity index (χ1v) is 15.3. The van der Waals surface area contributed by atoms with Crippen molar-refractivity contribution in [3.05, 3.63) is 144 Å². The van der Waals surface area contributed by atoms with Gasteiger partial charge in [0.15, 0.2) is 0 Å². The van der Waals surface area contributed by atoms with Crippen molar-refractivity contribution in [3.63, 3.8) is 0 Å². The maximum atomic E-state index is 15.6. The maximum absolute atomic E-state index is 15.6. The predicted molar refractivity (Wildman–Crippen MR) is 180 cm³/mol. The molecule has 0 radical (unpaired) electrons. The summed E-state index contributed by atoms with van der Waals surface area (Å²) in [6.45, 7) is 3.77. The molecular weight excluding hydrogens is 622 g/mol. The first kappa shape index (κ1) is 29.9. The van der Waals surface area contributed by atoms with Crippen LogP contribution in [0, 0.1) is 13.8 Å². The van der Waals surface area contributed by atoms with Gasteiger partial charge in [-0.25, -0.2) is 0 Å². The molecule has 0 atom stereocenters. The van der Waals surface area contributed by atoms with E-state index in [-0.39, 0.29) is 22.5 Å². The SMILES string of the molecule is Cc1ccc2c3ccccc3n(-c3cc(-c4ccccc4C(F)(F)F)cc(C(F)(F)F)c3-n3c4ccccc4c4ccc(C)cc43)c2c1. The number of para-hydroxylation sites is 2. The number of hydrogen-bond donors (Lipinski definition) is 0. The van der Waals surface area contributed by atoms with Gasteiger partial charge in [0.2, 0.25) is 0 Å². The van der Waals surface area contributed by atoms with E-state index >= 15 is 13.2 Å². The zero-order valence-electron chi connectivity index (χ0n) is 25.7. The Balaban J connectivity index is 1.64. The van der Waals surface area contributed by atoms with Crippen molar-refractivity contribution in [2.24, 2.45) is 0 Å². The van der Waals surface area contributed by atoms with E-state index in [9.17, 15) is 13.2 Å². The summed E-state index contributed by atoms with van der Waals surface area (Å²) in [6, 6.07) is 33.2. The number of hydrogen-bond acceptors (Lipinski definition) is 0. The minimum atomic E-state index is -4.94. The highest BCUT2D eigenvalue weighted by atomic mass is 19.4. The van der Waals surface area contributed by atoms with E-state index in [0.717, 1.165) is 44.8 Å². The Kier molecular flexibility index (Phi) is 6.54. The van der Waals surface area contributed by atoms with Crippen molar-refractivity contribution in [2.75, 3.05) is 0 Å². The van der Waals surface area contributed by atoms with Crippen molar-refractivity contribution >= 4 is 43.6 Å². The first-order chi connectivity index (χ1) is 22.9. The van der Waals surface area contributed by atoms with Gasteiger partial charge in [-0.1, -0.05) is 78.9 Å². The van der Waals surface area contributed by atoms with Crippen LogP contribution in [0.15, 0.2) is 121 Å². The number of nitrogens with zero attached hydrogens (tertiary/aromatic N) is 2. The molecule has 8 rings (SSSR count). The monoisotopic (exact) mass is 648 g/mol. The zero-order chi connectivity index (χ0) is 33.5. The summed E-state index contributed by atoms with van der Waals surface area (Å²) in [5.74, 6) is 0. The van der Waals surface area contributed by atoms with E-state index in [2.05, 4.69) is 0 Å². The molecule has 6 aromatic carbocycles. The Hall–Kier alpha value is -5.50. The third-order valence-electron chi connectivity index (χ3n) is 9.06. The molecule has 2 nitrogen and oxygen atoms in total. The van der Waals surface area contributed by atoms with E-state index in [0.29, 0.717) is 22.1 Å². The van der Waals surface area contributed by atoms with Crippen LogP contribution in [0.4, 0.5) is 26.3 Å². The molecule has 0 saturated heterocycles. The summed E-state index contributed by atoms with van der Waals surface area (Å²) in [7, 11) is 0. The van der Waals surface area contributed by atoms with E-state index in [1.165, 1.54) is 24.3 Å². The second-order valence-electron chi connectivity index (χ2n) is 12.2. The Morgan fingerprint density at radius 2 is 0.917 bits per heavy atom. The normalized spacial score (nSPS) is 12.6. The highest BCUT2D eigenvalue weighted by Crippen LogP contribution is 2.47. The van der Waals surface area contributed by atoms with Gasteiger partial charge in [-0.05, 0) is 78.6 Å². The fourth-order valence-electron chi connectivity index (χ4n) is 7.04. The molecule has 48 heavy (non-hydrogen) atoms. The lowest BCUT2D eigenvalue weighted by Gasteiger charge is -2.24. The quantitative estimate of drug-likeness (QED) is 0.169. The highest BCUT2D eigenvalue weighted by molar-refractivity contribution is 6.12. The topological polar surface area (TPSA) is 9.86 Å². The van der Waals surface area contributed by atoms with Crippen molar-refractivity contribution in [3.8, 4) is 22.5 Å². The second kappa shape index (κ2) is 10.5. The van der Waals surface area contributed by atoms with Crippen molar-refractivity contribution in [2.45, 2.75) is 26.2 Å². The van der Waals surface area contributed by atoms with Gasteiger partial charge in [-0.15, -0.1) is 0 Å². The third-order valence-corrected chi connectivity index (χ3v) is 9.06. The molecule has 0 unspecified atom stereocenters. The van der Waals surface area contributed by atoms with Gasteiger partial charge in [0.1, 0.15) is 0 Å². The first-order valence-electron chi connectivity index (χ1n) is 15.3. The van der Waals surface area contributed by atoms with Crippen LogP contribution >= 0.6 is 0 Å². The molecule has 8 aromatic rings. The van der Waals surface area contributed by atoms with Crippen LogP contribution in [-0.2, 0) is 12.4 Å². The van der Waals surface area contributed by atoms with Crippen molar-refractivity contribution in [1.29, 1.82) is 0 Å². The molecule has 0 bridgehead atoms. The van der Waals surface area contributed by atoms with Crippen LogP contribution in [0.5, 0.6) is 0 Å². The summed E-state index contributed by atoms with van der Waals surface area (Å²) in [5, 5.41) is 3.15. The molecule has 0 amide bonds. The van der Waals surface area contributed by atoms with Gasteiger partial charge in [0, 0.05) is 21.5 Å². The summed E-state index contributed by atoms with van der Waals surface area (Å²) in [6.07, 6.45) is -9.73. The molecule has 0 aliphatic carbocycles. The second-order valence-corrected chi connectivity index (χ2v) is 12.2. The van der Waals surface area contributed by atoms with E-state index in [1.807, 2.05) is 86.6 Å².